The van der Waals surface area contributed by atoms with Gasteiger partial charge in [-0.05, 0) is 30.5 Å². The van der Waals surface area contributed by atoms with Crippen molar-refractivity contribution >= 4 is 22.9 Å². The maximum Gasteiger partial charge on any atom is 0.225 e. The monoisotopic (exact) mass is 334 g/mol. The zero-order chi connectivity index (χ0) is 17.1. The smallest absolute Gasteiger partial charge is 0.225 e. The number of carbonyl (C=O) groups excluding carboxylic acids is 1. The summed E-state index contributed by atoms with van der Waals surface area (Å²) in [6.07, 6.45) is 1.93. The van der Waals surface area contributed by atoms with Crippen molar-refractivity contribution < 1.29 is 4.79 Å². The zero-order valence-corrected chi connectivity index (χ0v) is 14.1. The molecule has 5 nitrogen and oxygen atoms in total. The number of benzene rings is 2. The molecule has 5 heteroatoms. The Morgan fingerprint density at radius 1 is 1.16 bits per heavy atom. The van der Waals surface area contributed by atoms with E-state index < -0.39 is 0 Å². The predicted octanol–water partition coefficient (Wildman–Crippen LogP) is 3.10. The second-order valence-corrected chi connectivity index (χ2v) is 6.57. The van der Waals surface area contributed by atoms with Gasteiger partial charge in [0.05, 0.1) is 17.0 Å². The SMILES string of the molecule is O=C(NCc1ccccc1)[C@H]1CCCN(c2nc3ccccc3[nH]2)C1. The van der Waals surface area contributed by atoms with E-state index in [1.165, 1.54) is 0 Å². The van der Waals surface area contributed by atoms with Gasteiger partial charge in [-0.3, -0.25) is 4.79 Å². The predicted molar refractivity (Wildman–Crippen MR) is 99.3 cm³/mol. The number of carbonyl (C=O) groups is 1. The lowest BCUT2D eigenvalue weighted by molar-refractivity contribution is -0.125. The summed E-state index contributed by atoms with van der Waals surface area (Å²) in [5.41, 5.74) is 3.13. The number of rotatable bonds is 4. The maximum atomic E-state index is 12.6. The summed E-state index contributed by atoms with van der Waals surface area (Å²) in [5.74, 6) is 0.997. The van der Waals surface area contributed by atoms with Crippen LogP contribution in [0.1, 0.15) is 18.4 Å². The lowest BCUT2D eigenvalue weighted by atomic mass is 9.97. The molecule has 0 radical (unpaired) electrons. The van der Waals surface area contributed by atoms with Gasteiger partial charge in [0.1, 0.15) is 0 Å². The van der Waals surface area contributed by atoms with Gasteiger partial charge in [0.15, 0.2) is 0 Å². The number of piperidine rings is 1. The van der Waals surface area contributed by atoms with Crippen LogP contribution in [-0.2, 0) is 11.3 Å². The molecule has 1 aromatic heterocycles. The first-order valence-corrected chi connectivity index (χ1v) is 8.81. The molecule has 0 spiro atoms. The number of anilines is 1. The first kappa shape index (κ1) is 15.7. The second-order valence-electron chi connectivity index (χ2n) is 6.57. The zero-order valence-electron chi connectivity index (χ0n) is 14.1. The highest BCUT2D eigenvalue weighted by molar-refractivity contribution is 5.80. The van der Waals surface area contributed by atoms with E-state index in [2.05, 4.69) is 20.2 Å². The number of hydrogen-bond acceptors (Lipinski definition) is 3. The molecular formula is C20H22N4O. The number of para-hydroxylation sites is 2. The fourth-order valence-corrected chi connectivity index (χ4v) is 3.40. The molecule has 0 aliphatic carbocycles. The van der Waals surface area contributed by atoms with E-state index in [1.807, 2.05) is 54.6 Å². The number of imidazole rings is 1. The number of H-pyrrole nitrogens is 1. The maximum absolute atomic E-state index is 12.6. The average Bonchev–Trinajstić information content (AvgIpc) is 3.11. The van der Waals surface area contributed by atoms with Crippen LogP contribution in [0.2, 0.25) is 0 Å². The highest BCUT2D eigenvalue weighted by atomic mass is 16.1. The van der Waals surface area contributed by atoms with Crippen LogP contribution in [0.5, 0.6) is 0 Å². The van der Waals surface area contributed by atoms with Crippen molar-refractivity contribution in [2.45, 2.75) is 19.4 Å². The number of aromatic nitrogens is 2. The fourth-order valence-electron chi connectivity index (χ4n) is 3.40. The van der Waals surface area contributed by atoms with Gasteiger partial charge < -0.3 is 15.2 Å². The van der Waals surface area contributed by atoms with Crippen LogP contribution in [-0.4, -0.2) is 29.0 Å². The van der Waals surface area contributed by atoms with Crippen molar-refractivity contribution in [1.29, 1.82) is 0 Å². The van der Waals surface area contributed by atoms with Gasteiger partial charge in [0.25, 0.3) is 0 Å². The molecule has 0 saturated carbocycles. The fraction of sp³-hybridized carbons (Fsp3) is 0.300. The number of nitrogens with one attached hydrogen (secondary N) is 2. The Kier molecular flexibility index (Phi) is 4.37. The van der Waals surface area contributed by atoms with Gasteiger partial charge in [0.2, 0.25) is 11.9 Å². The van der Waals surface area contributed by atoms with E-state index in [-0.39, 0.29) is 11.8 Å². The van der Waals surface area contributed by atoms with Crippen LogP contribution < -0.4 is 10.2 Å². The van der Waals surface area contributed by atoms with Crippen LogP contribution in [0.3, 0.4) is 0 Å². The van der Waals surface area contributed by atoms with Gasteiger partial charge in [-0.25, -0.2) is 4.98 Å². The molecule has 3 aromatic rings. The standard InChI is InChI=1S/C20H22N4O/c25-19(21-13-15-7-2-1-3-8-15)16-9-6-12-24(14-16)20-22-17-10-4-5-11-18(17)23-20/h1-5,7-8,10-11,16H,6,9,12-14H2,(H,21,25)(H,22,23)/t16-/m0/s1. The van der Waals surface area contributed by atoms with Gasteiger partial charge in [-0.1, -0.05) is 42.5 Å². The average molecular weight is 334 g/mol. The van der Waals surface area contributed by atoms with Crippen molar-refractivity contribution in [3.8, 4) is 0 Å². The Labute approximate surface area is 147 Å². The third-order valence-corrected chi connectivity index (χ3v) is 4.78. The first-order valence-electron chi connectivity index (χ1n) is 8.81. The minimum Gasteiger partial charge on any atom is -0.352 e. The molecule has 0 bridgehead atoms. The van der Waals surface area contributed by atoms with Crippen molar-refractivity contribution in [3.05, 3.63) is 60.2 Å². The highest BCUT2D eigenvalue weighted by Crippen LogP contribution is 2.23. The summed E-state index contributed by atoms with van der Waals surface area (Å²) in [4.78, 5) is 22.8. The van der Waals surface area contributed by atoms with Crippen LogP contribution >= 0.6 is 0 Å². The largest absolute Gasteiger partial charge is 0.352 e. The third-order valence-electron chi connectivity index (χ3n) is 4.78. The molecule has 4 rings (SSSR count). The molecule has 0 unspecified atom stereocenters. The van der Waals surface area contributed by atoms with Crippen molar-refractivity contribution in [1.82, 2.24) is 15.3 Å². The molecule has 1 atom stereocenters. The Balaban J connectivity index is 1.41. The number of nitrogens with zero attached hydrogens (tertiary/aromatic N) is 2. The molecule has 1 fully saturated rings. The van der Waals surface area contributed by atoms with Crippen LogP contribution in [0.15, 0.2) is 54.6 Å². The topological polar surface area (TPSA) is 61.0 Å². The Bertz CT molecular complexity index is 825. The quantitative estimate of drug-likeness (QED) is 0.771. The van der Waals surface area contributed by atoms with Crippen molar-refractivity contribution in [2.24, 2.45) is 5.92 Å². The van der Waals surface area contributed by atoms with Gasteiger partial charge in [-0.2, -0.15) is 0 Å². The molecule has 2 N–H and O–H groups in total. The Morgan fingerprint density at radius 2 is 1.96 bits per heavy atom. The molecule has 2 aromatic carbocycles. The number of fused-ring (bicyclic) bond motifs is 1. The molecule has 1 saturated heterocycles. The molecule has 1 amide bonds. The summed E-state index contributed by atoms with van der Waals surface area (Å²) in [5, 5.41) is 3.07. The van der Waals surface area contributed by atoms with E-state index in [9.17, 15) is 4.79 Å². The van der Waals surface area contributed by atoms with Crippen molar-refractivity contribution in [3.63, 3.8) is 0 Å². The first-order chi connectivity index (χ1) is 12.3. The van der Waals surface area contributed by atoms with E-state index in [4.69, 9.17) is 0 Å². The molecule has 1 aliphatic rings. The van der Waals surface area contributed by atoms with E-state index in [0.717, 1.165) is 41.9 Å². The van der Waals surface area contributed by atoms with E-state index in [1.54, 1.807) is 0 Å². The van der Waals surface area contributed by atoms with E-state index >= 15 is 0 Å². The lowest BCUT2D eigenvalue weighted by Gasteiger charge is -2.31. The summed E-state index contributed by atoms with van der Waals surface area (Å²) < 4.78 is 0. The molecule has 2 heterocycles. The number of aromatic amines is 1. The summed E-state index contributed by atoms with van der Waals surface area (Å²) in [7, 11) is 0. The molecular weight excluding hydrogens is 312 g/mol. The number of hydrogen-bond donors (Lipinski definition) is 2. The Morgan fingerprint density at radius 3 is 2.80 bits per heavy atom. The number of amides is 1. The third kappa shape index (κ3) is 3.50. The highest BCUT2D eigenvalue weighted by Gasteiger charge is 2.27. The molecule has 1 aliphatic heterocycles. The van der Waals surface area contributed by atoms with Gasteiger partial charge in [0, 0.05) is 19.6 Å². The summed E-state index contributed by atoms with van der Waals surface area (Å²) >= 11 is 0. The van der Waals surface area contributed by atoms with Crippen LogP contribution in [0.4, 0.5) is 5.95 Å². The second kappa shape index (κ2) is 6.97. The molecule has 128 valence electrons. The van der Waals surface area contributed by atoms with Crippen molar-refractivity contribution in [2.75, 3.05) is 18.0 Å². The molecule has 25 heavy (non-hydrogen) atoms. The van der Waals surface area contributed by atoms with E-state index in [0.29, 0.717) is 13.1 Å². The van der Waals surface area contributed by atoms with Gasteiger partial charge >= 0.3 is 0 Å². The van der Waals surface area contributed by atoms with Crippen LogP contribution in [0.25, 0.3) is 11.0 Å². The Hall–Kier alpha value is -2.82. The minimum absolute atomic E-state index is 0.00525. The lowest BCUT2D eigenvalue weighted by Crippen LogP contribution is -2.43. The van der Waals surface area contributed by atoms with Crippen LogP contribution in [0, 0.1) is 5.92 Å². The summed E-state index contributed by atoms with van der Waals surface area (Å²) in [6, 6.07) is 18.0. The normalized spacial score (nSPS) is 17.6. The van der Waals surface area contributed by atoms with Gasteiger partial charge in [-0.15, -0.1) is 0 Å². The summed E-state index contributed by atoms with van der Waals surface area (Å²) in [6.45, 7) is 2.23. The minimum atomic E-state index is 0.00525.